The number of nitrogens with zero attached hydrogens (tertiary/aromatic N) is 1. The molecule has 1 aromatic heterocycles. The second-order valence-electron chi connectivity index (χ2n) is 15.6. The number of carboxylic acids is 2. The van der Waals surface area contributed by atoms with Crippen LogP contribution in [-0.4, -0.2) is 175 Å². The molecule has 0 saturated heterocycles. The first kappa shape index (κ1) is 55.9. The van der Waals surface area contributed by atoms with Gasteiger partial charge in [-0.1, -0.05) is 26.0 Å². The van der Waals surface area contributed by atoms with Crippen molar-refractivity contribution in [1.29, 1.82) is 0 Å². The molecule has 0 aliphatic rings. The van der Waals surface area contributed by atoms with E-state index in [1.807, 2.05) is 5.32 Å². The molecule has 0 bridgehead atoms. The van der Waals surface area contributed by atoms with Crippen molar-refractivity contribution >= 4 is 59.2 Å². The molecule has 0 aliphatic carbocycles. The zero-order chi connectivity index (χ0) is 50.4. The van der Waals surface area contributed by atoms with Crippen molar-refractivity contribution in [2.24, 2.45) is 11.7 Å². The maximum atomic E-state index is 13.6. The van der Waals surface area contributed by atoms with Gasteiger partial charge in [-0.2, -0.15) is 0 Å². The molecule has 8 atom stereocenters. The Morgan fingerprint density at radius 2 is 1.15 bits per heavy atom. The number of hydrogen-bond donors (Lipinski definition) is 16. The normalized spacial score (nSPS) is 14.6. The molecule has 370 valence electrons. The first-order chi connectivity index (χ1) is 31.5. The van der Waals surface area contributed by atoms with Gasteiger partial charge in [-0.15, -0.1) is 0 Å². The number of aromatic hydroxyl groups is 1. The highest BCUT2D eigenvalue weighted by molar-refractivity contribution is 5.97. The molecule has 0 aliphatic heterocycles. The lowest BCUT2D eigenvalue weighted by atomic mass is 10.0. The number of nitrogens with one attached hydrogen (secondary N) is 9. The van der Waals surface area contributed by atoms with Gasteiger partial charge in [-0.3, -0.25) is 47.9 Å². The first-order valence-corrected chi connectivity index (χ1v) is 20.8. The standard InChI is InChI=1S/C40H59N11O16/c1-19(2)10-25(46-34(61)24(41)8-9-31(57)58)37(64)50-29(17-53)39(66)47-26(11-21-4-6-23(55)7-5-21)35(62)43-14-30(56)51-33(20(3)54)40(67)48-27(12-22-13-42-18-45-22)38(65)49-28(16-52)36(63)44-15-32(59)60/h4-7,13,18-20,24-29,33,52-55H,8-12,14-17,41H2,1-3H3,(H,42,45)(H,43,62)(H,44,63)(H,46,61)(H,47,66)(H,48,67)(H,49,65)(H,50,64)(H,51,56)(H,57,58)(H,59,60)/t20-,24+,25+,26+,27+,28+,29+,33+/m1/s1. The lowest BCUT2D eigenvalue weighted by Gasteiger charge is -2.26. The summed E-state index contributed by atoms with van der Waals surface area (Å²) in [5.41, 5.74) is 6.48. The fraction of sp³-hybridized carbons (Fsp3) is 0.525. The number of phenolic OH excluding ortho intramolecular Hbond substituents is 1. The van der Waals surface area contributed by atoms with Crippen LogP contribution in [-0.2, 0) is 60.8 Å². The van der Waals surface area contributed by atoms with Crippen molar-refractivity contribution in [2.75, 3.05) is 26.3 Å². The quantitative estimate of drug-likeness (QED) is 0.0361. The van der Waals surface area contributed by atoms with E-state index in [1.54, 1.807) is 13.8 Å². The molecule has 0 unspecified atom stereocenters. The number of rotatable bonds is 29. The third-order valence-corrected chi connectivity index (χ3v) is 9.52. The Labute approximate surface area is 382 Å². The minimum absolute atomic E-state index is 0.0400. The summed E-state index contributed by atoms with van der Waals surface area (Å²) in [5, 5.41) is 76.0. The Morgan fingerprint density at radius 3 is 1.69 bits per heavy atom. The van der Waals surface area contributed by atoms with E-state index in [1.165, 1.54) is 36.8 Å². The molecule has 0 spiro atoms. The summed E-state index contributed by atoms with van der Waals surface area (Å²) in [6, 6.07) is -5.33. The van der Waals surface area contributed by atoms with Crippen molar-refractivity contribution in [1.82, 2.24) is 52.5 Å². The number of carboxylic acid groups (broad SMARTS) is 2. The van der Waals surface area contributed by atoms with Crippen molar-refractivity contribution in [3.8, 4) is 5.75 Å². The predicted octanol–water partition coefficient (Wildman–Crippen LogP) is -6.27. The fourth-order valence-corrected chi connectivity index (χ4v) is 5.97. The smallest absolute Gasteiger partial charge is 0.322 e. The van der Waals surface area contributed by atoms with Crippen molar-refractivity contribution in [2.45, 2.75) is 101 Å². The topological polar surface area (TPSA) is 443 Å². The average Bonchev–Trinajstić information content (AvgIpc) is 3.79. The van der Waals surface area contributed by atoms with E-state index in [4.69, 9.17) is 15.9 Å². The molecule has 0 saturated carbocycles. The van der Waals surface area contributed by atoms with Gasteiger partial charge in [0.05, 0.1) is 38.2 Å². The summed E-state index contributed by atoms with van der Waals surface area (Å²) in [6.45, 7) is 0.930. The average molecular weight is 950 g/mol. The number of carbonyl (C=O) groups excluding carboxylic acids is 8. The minimum atomic E-state index is -1.78. The number of hydrogen-bond acceptors (Lipinski definition) is 16. The van der Waals surface area contributed by atoms with E-state index in [0.717, 1.165) is 6.92 Å². The molecule has 2 aromatic rings. The van der Waals surface area contributed by atoms with Gasteiger partial charge in [-0.25, -0.2) is 4.98 Å². The molecule has 2 rings (SSSR count). The number of carbonyl (C=O) groups is 10. The van der Waals surface area contributed by atoms with Crippen LogP contribution in [0.5, 0.6) is 5.75 Å². The van der Waals surface area contributed by atoms with Gasteiger partial charge in [0.2, 0.25) is 47.3 Å². The number of benzene rings is 1. The number of nitrogens with two attached hydrogens (primary N) is 1. The van der Waals surface area contributed by atoms with Crippen molar-refractivity contribution in [3.63, 3.8) is 0 Å². The van der Waals surface area contributed by atoms with Gasteiger partial charge in [0, 0.05) is 31.2 Å². The number of imidazole rings is 1. The van der Waals surface area contributed by atoms with Crippen LogP contribution in [0.25, 0.3) is 0 Å². The summed E-state index contributed by atoms with van der Waals surface area (Å²) in [6.07, 6.45) is -0.232. The molecule has 27 heteroatoms. The summed E-state index contributed by atoms with van der Waals surface area (Å²) in [7, 11) is 0. The number of aromatic nitrogens is 2. The molecule has 8 amide bonds. The molecular formula is C40H59N11O16. The van der Waals surface area contributed by atoms with Crippen LogP contribution in [0.2, 0.25) is 0 Å². The number of aliphatic hydroxyl groups excluding tert-OH is 3. The van der Waals surface area contributed by atoms with Crippen LogP contribution in [0.3, 0.4) is 0 Å². The van der Waals surface area contributed by atoms with Crippen LogP contribution in [0.15, 0.2) is 36.8 Å². The third kappa shape index (κ3) is 20.2. The van der Waals surface area contributed by atoms with Gasteiger partial charge in [-0.05, 0) is 43.4 Å². The van der Waals surface area contributed by atoms with E-state index in [2.05, 4.69) is 47.2 Å². The van der Waals surface area contributed by atoms with Crippen molar-refractivity contribution < 1.29 is 78.6 Å². The summed E-state index contributed by atoms with van der Waals surface area (Å²) in [4.78, 5) is 134. The molecule has 17 N–H and O–H groups in total. The van der Waals surface area contributed by atoms with E-state index >= 15 is 0 Å². The number of aliphatic hydroxyl groups is 3. The molecule has 27 nitrogen and oxygen atoms in total. The predicted molar refractivity (Wildman–Crippen MR) is 229 cm³/mol. The monoisotopic (exact) mass is 949 g/mol. The number of H-pyrrole nitrogens is 1. The fourth-order valence-electron chi connectivity index (χ4n) is 5.97. The number of phenols is 1. The zero-order valence-electron chi connectivity index (χ0n) is 36.8. The highest BCUT2D eigenvalue weighted by Crippen LogP contribution is 2.12. The SMILES string of the molecule is CC(C)C[C@H](NC(=O)[C@@H](N)CCC(=O)O)C(=O)N[C@@H](CO)C(=O)N[C@@H](Cc1ccc(O)cc1)C(=O)NCC(=O)N[C@H](C(=O)N[C@@H](Cc1cnc[nH]1)C(=O)N[C@@H](CO)C(=O)NCC(=O)O)[C@@H](C)O. The van der Waals surface area contributed by atoms with Gasteiger partial charge in [0.25, 0.3) is 0 Å². The Morgan fingerprint density at radius 1 is 0.642 bits per heavy atom. The van der Waals surface area contributed by atoms with Crippen LogP contribution < -0.4 is 48.3 Å². The molecule has 0 radical (unpaired) electrons. The van der Waals surface area contributed by atoms with Gasteiger partial charge in [0.15, 0.2) is 0 Å². The highest BCUT2D eigenvalue weighted by atomic mass is 16.4. The second kappa shape index (κ2) is 28.0. The number of amides is 8. The lowest BCUT2D eigenvalue weighted by molar-refractivity contribution is -0.139. The Balaban J connectivity index is 2.23. The summed E-state index contributed by atoms with van der Waals surface area (Å²) >= 11 is 0. The lowest BCUT2D eigenvalue weighted by Crippen LogP contribution is -2.61. The first-order valence-electron chi connectivity index (χ1n) is 20.8. The van der Waals surface area contributed by atoms with Gasteiger partial charge in [0.1, 0.15) is 48.5 Å². The number of aliphatic carboxylic acids is 2. The molecule has 67 heavy (non-hydrogen) atoms. The Hall–Kier alpha value is -7.23. The Kier molecular flexibility index (Phi) is 23.3. The van der Waals surface area contributed by atoms with Crippen LogP contribution in [0.1, 0.15) is 51.3 Å². The van der Waals surface area contributed by atoms with E-state index in [9.17, 15) is 68.4 Å². The van der Waals surface area contributed by atoms with Gasteiger partial charge < -0.3 is 83.9 Å². The molecular weight excluding hydrogens is 891 g/mol. The summed E-state index contributed by atoms with van der Waals surface area (Å²) in [5.74, 6) is -11.0. The largest absolute Gasteiger partial charge is 0.508 e. The van der Waals surface area contributed by atoms with Crippen LogP contribution in [0, 0.1) is 5.92 Å². The van der Waals surface area contributed by atoms with Crippen LogP contribution in [0.4, 0.5) is 0 Å². The highest BCUT2D eigenvalue weighted by Gasteiger charge is 2.34. The zero-order valence-corrected chi connectivity index (χ0v) is 36.8. The third-order valence-electron chi connectivity index (χ3n) is 9.52. The molecule has 1 heterocycles. The second-order valence-corrected chi connectivity index (χ2v) is 15.6. The minimum Gasteiger partial charge on any atom is -0.508 e. The molecule has 0 fully saturated rings. The van der Waals surface area contributed by atoms with Crippen molar-refractivity contribution in [3.05, 3.63) is 48.0 Å². The van der Waals surface area contributed by atoms with E-state index in [-0.39, 0.29) is 37.4 Å². The maximum absolute atomic E-state index is 13.6. The van der Waals surface area contributed by atoms with Gasteiger partial charge >= 0.3 is 11.9 Å². The number of aromatic amines is 1. The van der Waals surface area contributed by atoms with E-state index in [0.29, 0.717) is 11.3 Å². The van der Waals surface area contributed by atoms with Crippen LogP contribution >= 0.6 is 0 Å². The maximum Gasteiger partial charge on any atom is 0.322 e. The summed E-state index contributed by atoms with van der Waals surface area (Å²) < 4.78 is 0. The van der Waals surface area contributed by atoms with E-state index < -0.39 is 140 Å². The Bertz CT molecular complexity index is 2020. The molecule has 1 aromatic carbocycles.